The van der Waals surface area contributed by atoms with Gasteiger partial charge in [-0.15, -0.1) is 0 Å². The second-order valence-corrected chi connectivity index (χ2v) is 5.29. The second kappa shape index (κ2) is 8.69. The van der Waals surface area contributed by atoms with E-state index in [9.17, 15) is 4.79 Å². The number of benzene rings is 1. The van der Waals surface area contributed by atoms with E-state index >= 15 is 0 Å². The van der Waals surface area contributed by atoms with Crippen LogP contribution in [-0.4, -0.2) is 40.4 Å². The number of nitrogens with two attached hydrogens (primary N) is 1. The number of hydrogen-bond donors (Lipinski definition) is 1. The van der Waals surface area contributed by atoms with Gasteiger partial charge in [0.2, 0.25) is 0 Å². The van der Waals surface area contributed by atoms with E-state index in [1.165, 1.54) is 25.8 Å². The highest BCUT2D eigenvalue weighted by Gasteiger charge is 2.04. The van der Waals surface area contributed by atoms with E-state index < -0.39 is 5.91 Å². The third kappa shape index (κ3) is 5.40. The molecule has 1 heterocycles. The summed E-state index contributed by atoms with van der Waals surface area (Å²) < 4.78 is 0.922. The van der Waals surface area contributed by atoms with Gasteiger partial charge in [-0.25, -0.2) is 4.98 Å². The van der Waals surface area contributed by atoms with Gasteiger partial charge >= 0.3 is 0 Å². The molecule has 2 aromatic rings. The van der Waals surface area contributed by atoms with Crippen molar-refractivity contribution in [2.75, 3.05) is 19.6 Å². The van der Waals surface area contributed by atoms with Crippen molar-refractivity contribution in [3.05, 3.63) is 34.6 Å². The molecule has 0 saturated heterocycles. The van der Waals surface area contributed by atoms with Crippen LogP contribution in [-0.2, 0) is 0 Å². The monoisotopic (exact) mass is 352 g/mol. The summed E-state index contributed by atoms with van der Waals surface area (Å²) in [7, 11) is 0. The highest BCUT2D eigenvalue weighted by Crippen LogP contribution is 2.16. The van der Waals surface area contributed by atoms with Crippen molar-refractivity contribution in [1.29, 1.82) is 0 Å². The van der Waals surface area contributed by atoms with Crippen molar-refractivity contribution in [3.63, 3.8) is 0 Å². The number of rotatable bonds is 4. The minimum atomic E-state index is -0.567. The molecule has 0 aliphatic rings. The van der Waals surface area contributed by atoms with Gasteiger partial charge in [0.1, 0.15) is 5.69 Å². The standard InChI is InChI=1S/C9H6BrN3O.C6H15N/c10-5-1-2-6-7(3-5)12-4-8(13-6)9(11)14;1-4-7(5-2)6-3/h1-4H,(H2,11,14);4-6H2,1-3H3. The van der Waals surface area contributed by atoms with E-state index in [4.69, 9.17) is 5.73 Å². The van der Waals surface area contributed by atoms with Gasteiger partial charge in [0.05, 0.1) is 17.2 Å². The fourth-order valence-electron chi connectivity index (χ4n) is 1.77. The second-order valence-electron chi connectivity index (χ2n) is 4.37. The molecule has 1 aromatic heterocycles. The number of aromatic nitrogens is 2. The number of amides is 1. The predicted molar refractivity (Wildman–Crippen MR) is 89.2 cm³/mol. The smallest absolute Gasteiger partial charge is 0.268 e. The van der Waals surface area contributed by atoms with Crippen molar-refractivity contribution >= 4 is 32.9 Å². The zero-order chi connectivity index (χ0) is 15.8. The molecule has 0 fully saturated rings. The molecule has 0 spiro atoms. The van der Waals surface area contributed by atoms with Crippen molar-refractivity contribution in [2.45, 2.75) is 20.8 Å². The maximum absolute atomic E-state index is 10.8. The summed E-state index contributed by atoms with van der Waals surface area (Å²) in [5, 5.41) is 0. The molecular formula is C15H21BrN4O. The fourth-order valence-corrected chi connectivity index (χ4v) is 2.12. The van der Waals surface area contributed by atoms with Crippen LogP contribution in [0, 0.1) is 0 Å². The molecule has 6 heteroatoms. The Labute approximate surface area is 133 Å². The molecule has 1 amide bonds. The summed E-state index contributed by atoms with van der Waals surface area (Å²) in [5.74, 6) is -0.567. The van der Waals surface area contributed by atoms with Crippen LogP contribution in [0.3, 0.4) is 0 Å². The molecule has 1 aromatic carbocycles. The number of carbonyl (C=O) groups is 1. The Hall–Kier alpha value is -1.53. The number of primary amides is 1. The SMILES string of the molecule is CCN(CC)CC.NC(=O)c1cnc2cc(Br)ccc2n1. The third-order valence-electron chi connectivity index (χ3n) is 3.10. The Morgan fingerprint density at radius 3 is 2.29 bits per heavy atom. The summed E-state index contributed by atoms with van der Waals surface area (Å²) in [6, 6.07) is 5.44. The lowest BCUT2D eigenvalue weighted by Gasteiger charge is -2.13. The topological polar surface area (TPSA) is 72.1 Å². The maximum atomic E-state index is 10.8. The molecular weight excluding hydrogens is 332 g/mol. The molecule has 5 nitrogen and oxygen atoms in total. The predicted octanol–water partition coefficient (Wildman–Crippen LogP) is 2.84. The lowest BCUT2D eigenvalue weighted by atomic mass is 10.3. The van der Waals surface area contributed by atoms with Crippen LogP contribution in [0.5, 0.6) is 0 Å². The Morgan fingerprint density at radius 2 is 1.81 bits per heavy atom. The van der Waals surface area contributed by atoms with Crippen LogP contribution in [0.1, 0.15) is 31.3 Å². The first-order chi connectivity index (χ1) is 10.0. The van der Waals surface area contributed by atoms with E-state index in [1.54, 1.807) is 6.07 Å². The average molecular weight is 353 g/mol. The zero-order valence-corrected chi connectivity index (χ0v) is 14.2. The fraction of sp³-hybridized carbons (Fsp3) is 0.400. The van der Waals surface area contributed by atoms with Gasteiger partial charge in [0.15, 0.2) is 0 Å². The van der Waals surface area contributed by atoms with Gasteiger partial charge in [0, 0.05) is 4.47 Å². The summed E-state index contributed by atoms with van der Waals surface area (Å²) in [6.07, 6.45) is 1.37. The first-order valence-electron chi connectivity index (χ1n) is 6.96. The minimum absolute atomic E-state index is 0.180. The molecule has 0 radical (unpaired) electrons. The Bertz CT molecular complexity index is 594. The number of halogens is 1. The number of nitrogens with zero attached hydrogens (tertiary/aromatic N) is 3. The molecule has 114 valence electrons. The average Bonchev–Trinajstić information content (AvgIpc) is 2.49. The van der Waals surface area contributed by atoms with E-state index in [2.05, 4.69) is 51.6 Å². The molecule has 0 atom stereocenters. The number of hydrogen-bond acceptors (Lipinski definition) is 4. The summed E-state index contributed by atoms with van der Waals surface area (Å²) in [5.41, 5.74) is 6.65. The van der Waals surface area contributed by atoms with Gasteiger partial charge in [-0.2, -0.15) is 0 Å². The first-order valence-corrected chi connectivity index (χ1v) is 7.75. The summed E-state index contributed by atoms with van der Waals surface area (Å²) in [6.45, 7) is 10.1. The molecule has 2 N–H and O–H groups in total. The number of carbonyl (C=O) groups excluding carboxylic acids is 1. The quantitative estimate of drug-likeness (QED) is 0.918. The van der Waals surface area contributed by atoms with Gasteiger partial charge in [-0.3, -0.25) is 9.78 Å². The largest absolute Gasteiger partial charge is 0.364 e. The van der Waals surface area contributed by atoms with Crippen molar-refractivity contribution < 1.29 is 4.79 Å². The highest BCUT2D eigenvalue weighted by molar-refractivity contribution is 9.10. The lowest BCUT2D eigenvalue weighted by molar-refractivity contribution is 0.0995. The Kier molecular flexibility index (Phi) is 7.25. The molecule has 0 aliphatic carbocycles. The maximum Gasteiger partial charge on any atom is 0.268 e. The van der Waals surface area contributed by atoms with Crippen molar-refractivity contribution in [1.82, 2.24) is 14.9 Å². The number of fused-ring (bicyclic) bond motifs is 1. The van der Waals surface area contributed by atoms with Crippen molar-refractivity contribution in [2.24, 2.45) is 5.73 Å². The van der Waals surface area contributed by atoms with Gasteiger partial charge in [0.25, 0.3) is 5.91 Å². The van der Waals surface area contributed by atoms with Gasteiger partial charge < -0.3 is 10.6 Å². The molecule has 21 heavy (non-hydrogen) atoms. The van der Waals surface area contributed by atoms with Gasteiger partial charge in [-0.1, -0.05) is 36.7 Å². The van der Waals surface area contributed by atoms with Crippen LogP contribution in [0.4, 0.5) is 0 Å². The molecule has 2 rings (SSSR count). The minimum Gasteiger partial charge on any atom is -0.364 e. The third-order valence-corrected chi connectivity index (χ3v) is 3.59. The summed E-state index contributed by atoms with van der Waals surface area (Å²) in [4.78, 5) is 21.3. The van der Waals surface area contributed by atoms with Crippen LogP contribution in [0.15, 0.2) is 28.9 Å². The van der Waals surface area contributed by atoms with Crippen LogP contribution in [0.2, 0.25) is 0 Å². The summed E-state index contributed by atoms with van der Waals surface area (Å²) >= 11 is 3.32. The van der Waals surface area contributed by atoms with E-state index in [-0.39, 0.29) is 5.69 Å². The van der Waals surface area contributed by atoms with E-state index in [0.29, 0.717) is 5.52 Å². The van der Waals surface area contributed by atoms with E-state index in [0.717, 1.165) is 9.99 Å². The Balaban J connectivity index is 0.000000270. The molecule has 0 aliphatic heterocycles. The first kappa shape index (κ1) is 17.5. The zero-order valence-electron chi connectivity index (χ0n) is 12.6. The van der Waals surface area contributed by atoms with Crippen LogP contribution < -0.4 is 5.73 Å². The normalized spacial score (nSPS) is 10.3. The lowest BCUT2D eigenvalue weighted by Crippen LogP contribution is -2.21. The Morgan fingerprint density at radius 1 is 1.19 bits per heavy atom. The molecule has 0 unspecified atom stereocenters. The van der Waals surface area contributed by atoms with E-state index in [1.807, 2.05) is 12.1 Å². The van der Waals surface area contributed by atoms with Gasteiger partial charge in [-0.05, 0) is 37.8 Å². The molecule has 0 saturated carbocycles. The van der Waals surface area contributed by atoms with Crippen molar-refractivity contribution in [3.8, 4) is 0 Å². The van der Waals surface area contributed by atoms with Crippen LogP contribution in [0.25, 0.3) is 11.0 Å². The highest BCUT2D eigenvalue weighted by atomic mass is 79.9. The van der Waals surface area contributed by atoms with Crippen LogP contribution >= 0.6 is 15.9 Å². The molecule has 0 bridgehead atoms.